The molecule has 1 unspecified atom stereocenters. The summed E-state index contributed by atoms with van der Waals surface area (Å²) in [5.41, 5.74) is 8.53. The van der Waals surface area contributed by atoms with Crippen LogP contribution in [-0.2, 0) is 6.42 Å². The highest BCUT2D eigenvalue weighted by molar-refractivity contribution is 9.10. The van der Waals surface area contributed by atoms with Gasteiger partial charge in [-0.05, 0) is 52.4 Å². The average molecular weight is 390 g/mol. The van der Waals surface area contributed by atoms with Crippen molar-refractivity contribution in [3.8, 4) is 5.75 Å². The highest BCUT2D eigenvalue weighted by atomic mass is 79.9. The number of hydrogen-bond acceptors (Lipinski definition) is 5. The lowest BCUT2D eigenvalue weighted by atomic mass is 9.87. The van der Waals surface area contributed by atoms with E-state index in [1.165, 1.54) is 11.1 Å². The van der Waals surface area contributed by atoms with Crippen LogP contribution in [0.5, 0.6) is 5.75 Å². The second kappa shape index (κ2) is 5.62. The fourth-order valence-corrected chi connectivity index (χ4v) is 4.09. The van der Waals surface area contributed by atoms with E-state index >= 15 is 0 Å². The van der Waals surface area contributed by atoms with Crippen LogP contribution in [0.2, 0.25) is 0 Å². The molecular formula is C16H16BrN5O2. The minimum atomic E-state index is -0.335. The Kier molecular flexibility index (Phi) is 3.56. The number of halogens is 1. The van der Waals surface area contributed by atoms with Gasteiger partial charge in [0.2, 0.25) is 5.95 Å². The number of nitrogen functional groups attached to an aromatic ring is 1. The van der Waals surface area contributed by atoms with Crippen LogP contribution in [0, 0.1) is 0 Å². The lowest BCUT2D eigenvalue weighted by molar-refractivity contribution is 0.399. The number of nitrogens with zero attached hydrogens (tertiary/aromatic N) is 3. The Morgan fingerprint density at radius 1 is 1.42 bits per heavy atom. The number of nitrogens with one attached hydrogen (secondary N) is 1. The minimum Gasteiger partial charge on any atom is -0.496 e. The van der Waals surface area contributed by atoms with Gasteiger partial charge in [0.25, 0.3) is 5.56 Å². The lowest BCUT2D eigenvalue weighted by Gasteiger charge is -2.28. The molecule has 1 aliphatic carbocycles. The van der Waals surface area contributed by atoms with Crippen LogP contribution >= 0.6 is 15.9 Å². The van der Waals surface area contributed by atoms with Gasteiger partial charge in [0.15, 0.2) is 15.9 Å². The first-order valence-electron chi connectivity index (χ1n) is 7.69. The van der Waals surface area contributed by atoms with Gasteiger partial charge < -0.3 is 10.5 Å². The van der Waals surface area contributed by atoms with Gasteiger partial charge in [-0.15, -0.1) is 0 Å². The molecule has 2 aromatic heterocycles. The fourth-order valence-electron chi connectivity index (χ4n) is 3.50. The van der Waals surface area contributed by atoms with Crippen molar-refractivity contribution in [3.05, 3.63) is 44.4 Å². The Morgan fingerprint density at radius 2 is 2.25 bits per heavy atom. The maximum absolute atomic E-state index is 12.1. The van der Waals surface area contributed by atoms with Crippen molar-refractivity contribution in [1.82, 2.24) is 19.5 Å². The molecule has 0 fully saturated rings. The van der Waals surface area contributed by atoms with Crippen molar-refractivity contribution >= 4 is 33.0 Å². The number of aromatic nitrogens is 4. The summed E-state index contributed by atoms with van der Waals surface area (Å²) >= 11 is 3.48. The zero-order valence-electron chi connectivity index (χ0n) is 13.0. The average Bonchev–Trinajstić information content (AvgIpc) is 2.90. The third-order valence-corrected chi connectivity index (χ3v) is 5.05. The summed E-state index contributed by atoms with van der Waals surface area (Å²) in [6, 6.07) is 6.08. The first-order valence-corrected chi connectivity index (χ1v) is 8.48. The van der Waals surface area contributed by atoms with Gasteiger partial charge in [-0.1, -0.05) is 12.1 Å². The number of H-pyrrole nitrogens is 1. The molecule has 0 amide bonds. The molecule has 0 aliphatic heterocycles. The standard InChI is InChI=1S/C16H16BrN5O2/c1-24-11-7-3-4-8-9(11)5-2-6-10(8)22-13-12(19-15(22)17)14(23)21-16(18)20-13/h3-4,7,10H,2,5-6H2,1H3,(H3,18,20,21,23). The molecule has 1 aliphatic rings. The molecule has 24 heavy (non-hydrogen) atoms. The fraction of sp³-hybridized carbons (Fsp3) is 0.312. The van der Waals surface area contributed by atoms with E-state index in [9.17, 15) is 4.79 Å². The quantitative estimate of drug-likeness (QED) is 0.655. The number of anilines is 1. The smallest absolute Gasteiger partial charge is 0.280 e. The van der Waals surface area contributed by atoms with Crippen molar-refractivity contribution < 1.29 is 4.74 Å². The third-order valence-electron chi connectivity index (χ3n) is 4.49. The number of rotatable bonds is 2. The van der Waals surface area contributed by atoms with E-state index in [1.54, 1.807) is 7.11 Å². The molecule has 0 saturated carbocycles. The number of methoxy groups -OCH3 is 1. The Balaban J connectivity index is 1.98. The largest absolute Gasteiger partial charge is 0.496 e. The summed E-state index contributed by atoms with van der Waals surface area (Å²) in [6.07, 6.45) is 2.91. The predicted octanol–water partition coefficient (Wildman–Crippen LogP) is 2.40. The first kappa shape index (κ1) is 15.2. The predicted molar refractivity (Wildman–Crippen MR) is 94.3 cm³/mol. The van der Waals surface area contributed by atoms with E-state index in [0.717, 1.165) is 25.0 Å². The van der Waals surface area contributed by atoms with E-state index < -0.39 is 0 Å². The Labute approximate surface area is 146 Å². The van der Waals surface area contributed by atoms with E-state index in [2.05, 4.69) is 36.9 Å². The van der Waals surface area contributed by atoms with Gasteiger partial charge in [0, 0.05) is 0 Å². The highest BCUT2D eigenvalue weighted by Crippen LogP contribution is 2.39. The van der Waals surface area contributed by atoms with E-state index in [4.69, 9.17) is 10.5 Å². The number of benzene rings is 1. The minimum absolute atomic E-state index is 0.0249. The topological polar surface area (TPSA) is 98.8 Å². The summed E-state index contributed by atoms with van der Waals surface area (Å²) in [6.45, 7) is 0. The van der Waals surface area contributed by atoms with Crippen molar-refractivity contribution in [2.45, 2.75) is 25.3 Å². The third kappa shape index (κ3) is 2.21. The highest BCUT2D eigenvalue weighted by Gasteiger charge is 2.28. The van der Waals surface area contributed by atoms with Gasteiger partial charge in [-0.3, -0.25) is 14.3 Å². The maximum atomic E-state index is 12.1. The van der Waals surface area contributed by atoms with E-state index in [1.807, 2.05) is 16.7 Å². The van der Waals surface area contributed by atoms with Crippen LogP contribution in [0.25, 0.3) is 11.2 Å². The molecule has 0 bridgehead atoms. The number of aromatic amines is 1. The van der Waals surface area contributed by atoms with Gasteiger partial charge in [-0.2, -0.15) is 4.98 Å². The number of hydrogen-bond donors (Lipinski definition) is 2. The monoisotopic (exact) mass is 389 g/mol. The molecule has 3 aromatic rings. The van der Waals surface area contributed by atoms with Crippen LogP contribution in [0.1, 0.15) is 30.0 Å². The summed E-state index contributed by atoms with van der Waals surface area (Å²) in [7, 11) is 1.68. The number of imidazole rings is 1. The van der Waals surface area contributed by atoms with Gasteiger partial charge in [0.05, 0.1) is 13.2 Å². The van der Waals surface area contributed by atoms with Crippen molar-refractivity contribution in [2.24, 2.45) is 0 Å². The second-order valence-electron chi connectivity index (χ2n) is 5.81. The van der Waals surface area contributed by atoms with Crippen LogP contribution in [0.15, 0.2) is 27.7 Å². The van der Waals surface area contributed by atoms with Crippen LogP contribution in [0.3, 0.4) is 0 Å². The number of ether oxygens (including phenoxy) is 1. The summed E-state index contributed by atoms with van der Waals surface area (Å²) in [5.74, 6) is 0.978. The van der Waals surface area contributed by atoms with Crippen molar-refractivity contribution in [3.63, 3.8) is 0 Å². The number of fused-ring (bicyclic) bond motifs is 2. The second-order valence-corrected chi connectivity index (χ2v) is 6.52. The van der Waals surface area contributed by atoms with Gasteiger partial charge >= 0.3 is 0 Å². The number of nitrogens with two attached hydrogens (primary N) is 1. The Morgan fingerprint density at radius 3 is 3.04 bits per heavy atom. The zero-order chi connectivity index (χ0) is 16.8. The molecule has 8 heteroatoms. The maximum Gasteiger partial charge on any atom is 0.280 e. The molecule has 7 nitrogen and oxygen atoms in total. The summed E-state index contributed by atoms with van der Waals surface area (Å²) in [4.78, 5) is 23.2. The molecule has 1 atom stereocenters. The van der Waals surface area contributed by atoms with Gasteiger partial charge in [0.1, 0.15) is 5.75 Å². The summed E-state index contributed by atoms with van der Waals surface area (Å²) in [5, 5.41) is 0. The van der Waals surface area contributed by atoms with E-state index in [0.29, 0.717) is 10.4 Å². The van der Waals surface area contributed by atoms with E-state index in [-0.39, 0.29) is 23.1 Å². The molecule has 2 heterocycles. The first-order chi connectivity index (χ1) is 11.6. The summed E-state index contributed by atoms with van der Waals surface area (Å²) < 4.78 is 8.02. The van der Waals surface area contributed by atoms with Crippen LogP contribution < -0.4 is 16.0 Å². The van der Waals surface area contributed by atoms with Crippen molar-refractivity contribution in [2.75, 3.05) is 12.8 Å². The zero-order valence-corrected chi connectivity index (χ0v) is 14.6. The Hall–Kier alpha value is -2.35. The molecule has 4 rings (SSSR count). The molecule has 0 spiro atoms. The normalized spacial score (nSPS) is 17.0. The molecule has 3 N–H and O–H groups in total. The van der Waals surface area contributed by atoms with Gasteiger partial charge in [-0.25, -0.2) is 4.98 Å². The lowest BCUT2D eigenvalue weighted by Crippen LogP contribution is -2.19. The molecular weight excluding hydrogens is 374 g/mol. The molecule has 0 saturated heterocycles. The molecule has 124 valence electrons. The van der Waals surface area contributed by atoms with Crippen molar-refractivity contribution in [1.29, 1.82) is 0 Å². The SMILES string of the molecule is COc1cccc2c1CCCC2n1c(Br)nc2c(=O)[nH]c(N)nc21. The van der Waals surface area contributed by atoms with Crippen LogP contribution in [-0.4, -0.2) is 26.6 Å². The molecule has 0 radical (unpaired) electrons. The Bertz CT molecular complexity index is 994. The molecule has 1 aromatic carbocycles. The van der Waals surface area contributed by atoms with Crippen LogP contribution in [0.4, 0.5) is 5.95 Å².